The fourth-order valence-electron chi connectivity index (χ4n) is 8.47. The number of amides is 4. The summed E-state index contributed by atoms with van der Waals surface area (Å²) >= 11 is 9.06. The van der Waals surface area contributed by atoms with Gasteiger partial charge in [0.05, 0.1) is 73.6 Å². The van der Waals surface area contributed by atoms with Gasteiger partial charge in [-0.25, -0.2) is 14.4 Å². The largest absolute Gasteiger partial charge is 0.495 e. The van der Waals surface area contributed by atoms with Crippen LogP contribution >= 0.6 is 34.7 Å². The van der Waals surface area contributed by atoms with E-state index in [1.54, 1.807) is 55.9 Å². The van der Waals surface area contributed by atoms with E-state index >= 15 is 4.39 Å². The Balaban J connectivity index is 0.823. The Bertz CT molecular complexity index is 2490. The number of thiazole rings is 1. The van der Waals surface area contributed by atoms with E-state index < -0.39 is 52.4 Å². The zero-order valence-electron chi connectivity index (χ0n) is 41.0. The van der Waals surface area contributed by atoms with Crippen molar-refractivity contribution in [2.24, 2.45) is 0 Å². The second-order valence-corrected chi connectivity index (χ2v) is 21.4. The van der Waals surface area contributed by atoms with Crippen LogP contribution in [0, 0.1) is 6.92 Å². The number of likely N-dealkylation sites (tertiary alicyclic amines) is 1. The van der Waals surface area contributed by atoms with Crippen LogP contribution in [0.1, 0.15) is 67.7 Å². The molecule has 3 aliphatic rings. The molecule has 4 aromatic rings. The number of methoxy groups -OCH3 is 1. The number of ether oxygens (including phenoxy) is 3. The zero-order valence-corrected chi connectivity index (χ0v) is 43.4. The van der Waals surface area contributed by atoms with Gasteiger partial charge in [-0.3, -0.25) is 24.1 Å². The van der Waals surface area contributed by atoms with Crippen molar-refractivity contribution in [3.05, 3.63) is 76.0 Å². The highest BCUT2D eigenvalue weighted by atomic mass is 35.5. The predicted octanol–water partition coefficient (Wildman–Crippen LogP) is 5.48. The number of aromatic nitrogens is 3. The number of β-amino-alcohol motifs (C(OH)–C–C–N with tert-alkyl or cyclic N) is 1. The van der Waals surface area contributed by atoms with Crippen LogP contribution in [0.5, 0.6) is 5.75 Å². The lowest BCUT2D eigenvalue weighted by Crippen LogP contribution is -2.61. The van der Waals surface area contributed by atoms with Crippen molar-refractivity contribution in [2.75, 3.05) is 96.2 Å². The number of anilines is 3. The van der Waals surface area contributed by atoms with Gasteiger partial charge < -0.3 is 50.4 Å². The number of benzene rings is 2. The SMILES string of the molecule is CNc1nc(Nc2ccc(C(=O)N3CCN(CCOCCOCCSC(C)(C)[C@H](NC(=O)C4(F)CC4)C(=O)N4C[C@H](O)C[C@H]4C(=O)N[C@@H](C)c4ccc(-c5scnc5C)cc4)CC3)cc2OC)ncc1Cl. The number of carbonyl (C=O) groups excluding carboxylic acids is 4. The summed E-state index contributed by atoms with van der Waals surface area (Å²) in [4.78, 5) is 74.2. The summed E-state index contributed by atoms with van der Waals surface area (Å²) in [7, 11) is 3.25. The predicted molar refractivity (Wildman–Crippen MR) is 273 cm³/mol. The summed E-state index contributed by atoms with van der Waals surface area (Å²) in [6.45, 7) is 12.0. The Morgan fingerprint density at radius 1 is 1.01 bits per heavy atom. The van der Waals surface area contributed by atoms with Gasteiger partial charge in [-0.15, -0.1) is 11.3 Å². The highest BCUT2D eigenvalue weighted by molar-refractivity contribution is 8.00. The van der Waals surface area contributed by atoms with E-state index in [-0.39, 0.29) is 31.7 Å². The molecule has 71 heavy (non-hydrogen) atoms. The lowest BCUT2D eigenvalue weighted by atomic mass is 10.00. The van der Waals surface area contributed by atoms with E-state index in [2.05, 4.69) is 41.1 Å². The van der Waals surface area contributed by atoms with Crippen LogP contribution < -0.4 is 26.0 Å². The molecule has 2 aliphatic heterocycles. The minimum atomic E-state index is -2.03. The van der Waals surface area contributed by atoms with E-state index in [4.69, 9.17) is 25.8 Å². The number of halogens is 2. The monoisotopic (exact) mass is 1040 g/mol. The molecule has 18 nitrogen and oxygen atoms in total. The Kier molecular flexibility index (Phi) is 18.2. The van der Waals surface area contributed by atoms with Gasteiger partial charge in [0.25, 0.3) is 11.8 Å². The van der Waals surface area contributed by atoms with Crippen molar-refractivity contribution < 1.29 is 42.9 Å². The molecule has 2 saturated heterocycles. The number of hydrogen-bond donors (Lipinski definition) is 5. The van der Waals surface area contributed by atoms with Gasteiger partial charge in [-0.1, -0.05) is 35.9 Å². The van der Waals surface area contributed by atoms with Gasteiger partial charge in [0.1, 0.15) is 28.7 Å². The number of alkyl halides is 1. The number of nitrogens with one attached hydrogen (secondary N) is 4. The lowest BCUT2D eigenvalue weighted by Gasteiger charge is -2.37. The maximum atomic E-state index is 15.1. The van der Waals surface area contributed by atoms with Gasteiger partial charge in [-0.05, 0) is 69.9 Å². The summed E-state index contributed by atoms with van der Waals surface area (Å²) in [5.74, 6) is -0.216. The molecule has 7 rings (SSSR count). The minimum absolute atomic E-state index is 0.0245. The topological polar surface area (TPSA) is 213 Å². The fourth-order valence-corrected chi connectivity index (χ4v) is 10.5. The van der Waals surface area contributed by atoms with Gasteiger partial charge in [0.2, 0.25) is 17.8 Å². The molecule has 2 aromatic heterocycles. The van der Waals surface area contributed by atoms with E-state index in [0.29, 0.717) is 98.7 Å². The number of aliphatic hydroxyl groups excluding tert-OH is 1. The maximum Gasteiger partial charge on any atom is 0.258 e. The molecule has 0 spiro atoms. The van der Waals surface area contributed by atoms with Crippen LogP contribution in [0.15, 0.2) is 54.2 Å². The number of rotatable bonds is 23. The summed E-state index contributed by atoms with van der Waals surface area (Å²) < 4.78 is 31.4. The summed E-state index contributed by atoms with van der Waals surface area (Å²) in [6.07, 6.45) is 0.709. The number of piperazine rings is 1. The quantitative estimate of drug-likeness (QED) is 0.0582. The van der Waals surface area contributed by atoms with Gasteiger partial charge in [0.15, 0.2) is 5.67 Å². The number of thioether (sulfide) groups is 1. The highest BCUT2D eigenvalue weighted by Gasteiger charge is 2.54. The Hall–Kier alpha value is -5.16. The number of aryl methyl sites for hydroxylation is 1. The molecule has 3 fully saturated rings. The number of carbonyl (C=O) groups is 4. The number of aliphatic hydroxyl groups is 1. The molecule has 4 atom stereocenters. The van der Waals surface area contributed by atoms with Crippen molar-refractivity contribution >= 4 is 75.8 Å². The van der Waals surface area contributed by atoms with Crippen LogP contribution in [0.3, 0.4) is 0 Å². The molecule has 0 radical (unpaired) electrons. The van der Waals surface area contributed by atoms with E-state index in [1.807, 2.05) is 43.0 Å². The first-order chi connectivity index (χ1) is 34.0. The van der Waals surface area contributed by atoms with Gasteiger partial charge >= 0.3 is 0 Å². The molecule has 0 bridgehead atoms. The highest BCUT2D eigenvalue weighted by Crippen LogP contribution is 2.41. The van der Waals surface area contributed by atoms with Crippen LogP contribution in [0.4, 0.5) is 21.8 Å². The normalized spacial score (nSPS) is 18.7. The number of nitrogens with zero attached hydrogens (tertiary/aromatic N) is 6. The molecule has 4 heterocycles. The average Bonchev–Trinajstić information content (AvgIpc) is 3.77. The van der Waals surface area contributed by atoms with E-state index in [0.717, 1.165) is 21.7 Å². The Morgan fingerprint density at radius 3 is 2.39 bits per heavy atom. The molecule has 0 unspecified atom stereocenters. The van der Waals surface area contributed by atoms with Crippen molar-refractivity contribution in [2.45, 2.75) is 81.6 Å². The van der Waals surface area contributed by atoms with Crippen molar-refractivity contribution in [1.29, 1.82) is 0 Å². The van der Waals surface area contributed by atoms with Crippen molar-refractivity contribution in [3.63, 3.8) is 0 Å². The first kappa shape index (κ1) is 53.6. The average molecular weight is 1040 g/mol. The molecule has 1 aliphatic carbocycles. The van der Waals surface area contributed by atoms with Gasteiger partial charge in [-0.2, -0.15) is 16.7 Å². The molecular formula is C49H64ClFN10O8S2. The van der Waals surface area contributed by atoms with Crippen molar-refractivity contribution in [3.8, 4) is 16.2 Å². The summed E-state index contributed by atoms with van der Waals surface area (Å²) in [6, 6.07) is 10.5. The zero-order chi connectivity index (χ0) is 50.9. The Morgan fingerprint density at radius 2 is 1.73 bits per heavy atom. The second-order valence-electron chi connectivity index (χ2n) is 18.4. The summed E-state index contributed by atoms with van der Waals surface area (Å²) in [5.41, 5.74) is 3.71. The molecule has 1 saturated carbocycles. The van der Waals surface area contributed by atoms with Crippen LogP contribution in [0.2, 0.25) is 5.02 Å². The van der Waals surface area contributed by atoms with Crippen LogP contribution in [-0.2, 0) is 23.9 Å². The molecular weight excluding hydrogens is 975 g/mol. The standard InChI is InChI=1S/C49H64ClFN10O8S2/c1-30(32-7-9-33(10-8-32)40-31(2)54-29-70-40)55-43(63)38-26-35(62)28-61(38)45(65)41(57-46(66)49(51)13-14-49)48(3,4)71-24-23-69-22-21-68-20-19-59-15-17-60(18-16-59)44(64)34-11-12-37(39(25-34)67-6)56-47-53-27-36(50)42(52-5)58-47/h7-12,25,27,29-30,35,38,41,62H,13-24,26,28H2,1-6H3,(H,55,63)(H,57,66)(H2,52,53,56,58)/t30-,35+,38-,41+/m0/s1. The smallest absolute Gasteiger partial charge is 0.258 e. The summed E-state index contributed by atoms with van der Waals surface area (Å²) in [5, 5.41) is 22.9. The van der Waals surface area contributed by atoms with E-state index in [1.165, 1.54) is 30.0 Å². The second kappa shape index (κ2) is 24.0. The third-order valence-corrected chi connectivity index (χ3v) is 15.5. The third kappa shape index (κ3) is 13.7. The van der Waals surface area contributed by atoms with Crippen molar-refractivity contribution in [1.82, 2.24) is 40.3 Å². The molecule has 384 valence electrons. The number of hydrogen-bond acceptors (Lipinski definition) is 16. The van der Waals surface area contributed by atoms with Crippen LogP contribution in [-0.4, -0.2) is 173 Å². The van der Waals surface area contributed by atoms with Gasteiger partial charge in [0, 0.05) is 68.8 Å². The maximum absolute atomic E-state index is 15.1. The molecule has 22 heteroatoms. The van der Waals surface area contributed by atoms with Crippen LogP contribution in [0.25, 0.3) is 10.4 Å². The fraction of sp³-hybridized carbons (Fsp3) is 0.531. The first-order valence-electron chi connectivity index (χ1n) is 23.8. The Labute approximate surface area is 427 Å². The third-order valence-electron chi connectivity index (χ3n) is 12.9. The molecule has 5 N–H and O–H groups in total. The lowest BCUT2D eigenvalue weighted by molar-refractivity contribution is -0.143. The first-order valence-corrected chi connectivity index (χ1v) is 26.0. The minimum Gasteiger partial charge on any atom is -0.495 e. The van der Waals surface area contributed by atoms with E-state index in [9.17, 15) is 24.3 Å². The molecule has 2 aromatic carbocycles. The molecule has 4 amide bonds.